The van der Waals surface area contributed by atoms with Crippen LogP contribution in [-0.2, 0) is 23.7 Å². The number of fused-ring (bicyclic) bond motifs is 5. The van der Waals surface area contributed by atoms with Crippen molar-refractivity contribution in [2.75, 3.05) is 14.2 Å². The molecule has 8 nitrogen and oxygen atoms in total. The molecule has 0 bridgehead atoms. The summed E-state index contributed by atoms with van der Waals surface area (Å²) in [5, 5.41) is 11.3. The molecule has 4 aliphatic rings. The van der Waals surface area contributed by atoms with Crippen molar-refractivity contribution in [3.8, 4) is 0 Å². The van der Waals surface area contributed by atoms with Gasteiger partial charge in [-0.15, -0.1) is 0 Å². The minimum absolute atomic E-state index is 0.0294. The van der Waals surface area contributed by atoms with Crippen LogP contribution >= 0.6 is 0 Å². The lowest BCUT2D eigenvalue weighted by Crippen LogP contribution is -2.60. The van der Waals surface area contributed by atoms with E-state index in [1.54, 1.807) is 0 Å². The summed E-state index contributed by atoms with van der Waals surface area (Å²) in [7, 11) is 2.54. The smallest absolute Gasteiger partial charge is 0.438 e. The predicted molar refractivity (Wildman–Crippen MR) is 108 cm³/mol. The fourth-order valence-electron chi connectivity index (χ4n) is 7.04. The van der Waals surface area contributed by atoms with E-state index in [0.29, 0.717) is 25.7 Å². The minimum Gasteiger partial charge on any atom is -0.438 e. The van der Waals surface area contributed by atoms with Crippen molar-refractivity contribution in [3.05, 3.63) is 11.6 Å². The van der Waals surface area contributed by atoms with Crippen molar-refractivity contribution in [1.29, 1.82) is 0 Å². The highest BCUT2D eigenvalue weighted by Crippen LogP contribution is 2.64. The third-order valence-corrected chi connectivity index (χ3v) is 8.54. The number of carbonyl (C=O) groups is 3. The van der Waals surface area contributed by atoms with Crippen LogP contribution in [0.25, 0.3) is 0 Å². The first kappa shape index (κ1) is 22.1. The van der Waals surface area contributed by atoms with E-state index in [9.17, 15) is 19.5 Å². The number of hydrogen-bond acceptors (Lipinski definition) is 8. The molecule has 0 aromatic heterocycles. The number of carbonyl (C=O) groups excluding carboxylic acids is 3. The van der Waals surface area contributed by atoms with E-state index >= 15 is 0 Å². The lowest BCUT2D eigenvalue weighted by atomic mass is 9.46. The Hall–Kier alpha value is -2.09. The Bertz CT molecular complexity index is 805. The monoisotopic (exact) mass is 436 g/mol. The molecule has 0 aromatic carbocycles. The number of rotatable bonds is 2. The van der Waals surface area contributed by atoms with Gasteiger partial charge in [0.1, 0.15) is 18.0 Å². The third kappa shape index (κ3) is 3.43. The van der Waals surface area contributed by atoms with Gasteiger partial charge in [-0.05, 0) is 43.1 Å². The van der Waals surface area contributed by atoms with E-state index in [1.807, 2.05) is 13.0 Å². The summed E-state index contributed by atoms with van der Waals surface area (Å²) in [5.74, 6) is -0.125. The molecule has 0 heterocycles. The van der Waals surface area contributed by atoms with Crippen LogP contribution in [-0.4, -0.2) is 55.7 Å². The summed E-state index contributed by atoms with van der Waals surface area (Å²) in [6.45, 7) is 4.09. The second kappa shape index (κ2) is 7.80. The molecular weight excluding hydrogens is 404 g/mol. The maximum absolute atomic E-state index is 12.8. The van der Waals surface area contributed by atoms with Gasteiger partial charge in [-0.3, -0.25) is 4.79 Å². The van der Waals surface area contributed by atoms with Gasteiger partial charge in [0.2, 0.25) is 0 Å². The van der Waals surface area contributed by atoms with Crippen molar-refractivity contribution in [2.45, 2.75) is 70.7 Å². The number of ether oxygens (including phenoxy) is 4. The zero-order valence-corrected chi connectivity index (χ0v) is 18.6. The number of methoxy groups -OCH3 is 2. The zero-order valence-electron chi connectivity index (χ0n) is 18.6. The quantitative estimate of drug-likeness (QED) is 0.518. The van der Waals surface area contributed by atoms with Gasteiger partial charge in [0.05, 0.1) is 20.3 Å². The zero-order chi connectivity index (χ0) is 22.6. The number of hydrogen-bond donors (Lipinski definition) is 1. The van der Waals surface area contributed by atoms with E-state index < -0.39 is 29.9 Å². The van der Waals surface area contributed by atoms with Crippen molar-refractivity contribution in [3.63, 3.8) is 0 Å². The predicted octanol–water partition coefficient (Wildman–Crippen LogP) is 3.40. The summed E-state index contributed by atoms with van der Waals surface area (Å²) in [6.07, 6.45) is 2.33. The molecule has 3 unspecified atom stereocenters. The fourth-order valence-corrected chi connectivity index (χ4v) is 7.04. The maximum atomic E-state index is 12.8. The minimum atomic E-state index is -0.784. The topological polar surface area (TPSA) is 108 Å². The second-order valence-electron chi connectivity index (χ2n) is 9.94. The first-order chi connectivity index (χ1) is 14.6. The van der Waals surface area contributed by atoms with Crippen LogP contribution in [0, 0.1) is 28.6 Å². The molecule has 0 aliphatic heterocycles. The summed E-state index contributed by atoms with van der Waals surface area (Å²) < 4.78 is 20.5. The average Bonchev–Trinajstić information content (AvgIpc) is 3.02. The molecule has 0 amide bonds. The van der Waals surface area contributed by atoms with Crippen LogP contribution in [0.3, 0.4) is 0 Å². The van der Waals surface area contributed by atoms with Gasteiger partial charge in [-0.25, -0.2) is 9.59 Å². The Balaban J connectivity index is 1.73. The van der Waals surface area contributed by atoms with E-state index in [2.05, 4.69) is 11.7 Å². The van der Waals surface area contributed by atoms with Crippen LogP contribution in [0.4, 0.5) is 9.59 Å². The van der Waals surface area contributed by atoms with E-state index in [-0.39, 0.29) is 35.1 Å². The van der Waals surface area contributed by atoms with Gasteiger partial charge in [0.25, 0.3) is 0 Å². The number of aliphatic hydroxyl groups is 1. The van der Waals surface area contributed by atoms with Gasteiger partial charge in [-0.2, -0.15) is 0 Å². The average molecular weight is 437 g/mol. The Morgan fingerprint density at radius 3 is 2.42 bits per heavy atom. The van der Waals surface area contributed by atoms with Gasteiger partial charge < -0.3 is 24.1 Å². The number of aliphatic hydroxyl groups excluding tert-OH is 1. The first-order valence-electron chi connectivity index (χ1n) is 11.1. The summed E-state index contributed by atoms with van der Waals surface area (Å²) in [5.41, 5.74) is 0.0728. The van der Waals surface area contributed by atoms with Crippen molar-refractivity contribution in [1.82, 2.24) is 0 Å². The van der Waals surface area contributed by atoms with Gasteiger partial charge in [0, 0.05) is 30.1 Å². The van der Waals surface area contributed by atoms with E-state index in [4.69, 9.17) is 14.2 Å². The summed E-state index contributed by atoms with van der Waals surface area (Å²) >= 11 is 0. The van der Waals surface area contributed by atoms with Crippen LogP contribution in [0.5, 0.6) is 0 Å². The molecule has 0 spiro atoms. The SMILES string of the molecule is COC(=O)O[C@H]1CC[C@@]2(C)C(=C[C@H](OC(=O)OC)C3C2[C@H](O)C[C@]2(C)C(=O)CCC32)C1. The Morgan fingerprint density at radius 1 is 1.06 bits per heavy atom. The van der Waals surface area contributed by atoms with Gasteiger partial charge in [0.15, 0.2) is 0 Å². The fraction of sp³-hybridized carbons (Fsp3) is 0.783. The van der Waals surface area contributed by atoms with Crippen LogP contribution < -0.4 is 0 Å². The van der Waals surface area contributed by atoms with Crippen LogP contribution in [0.1, 0.15) is 52.4 Å². The Labute approximate surface area is 182 Å². The lowest BCUT2D eigenvalue weighted by molar-refractivity contribution is -0.159. The van der Waals surface area contributed by atoms with Crippen LogP contribution in [0.15, 0.2) is 11.6 Å². The highest BCUT2D eigenvalue weighted by molar-refractivity contribution is 5.87. The van der Waals surface area contributed by atoms with Crippen molar-refractivity contribution < 1.29 is 38.4 Å². The van der Waals surface area contributed by atoms with Gasteiger partial charge in [-0.1, -0.05) is 19.4 Å². The highest BCUT2D eigenvalue weighted by atomic mass is 16.7. The van der Waals surface area contributed by atoms with Crippen molar-refractivity contribution in [2.24, 2.45) is 28.6 Å². The molecule has 0 aromatic rings. The third-order valence-electron chi connectivity index (χ3n) is 8.54. The Kier molecular flexibility index (Phi) is 5.56. The molecule has 3 fully saturated rings. The lowest BCUT2D eigenvalue weighted by Gasteiger charge is -2.59. The van der Waals surface area contributed by atoms with Crippen molar-refractivity contribution >= 4 is 18.1 Å². The number of Topliss-reactive ketones (excluding diaryl/α,β-unsaturated/α-hetero) is 1. The molecule has 0 radical (unpaired) electrons. The summed E-state index contributed by atoms with van der Waals surface area (Å²) in [4.78, 5) is 36.4. The normalized spacial score (nSPS) is 43.6. The Morgan fingerprint density at radius 2 is 1.74 bits per heavy atom. The molecule has 1 N–H and O–H groups in total. The highest BCUT2D eigenvalue weighted by Gasteiger charge is 2.64. The first-order valence-corrected chi connectivity index (χ1v) is 11.1. The number of ketones is 1. The van der Waals surface area contributed by atoms with Crippen LogP contribution in [0.2, 0.25) is 0 Å². The van der Waals surface area contributed by atoms with Gasteiger partial charge >= 0.3 is 12.3 Å². The molecule has 4 aliphatic carbocycles. The molecule has 8 atom stereocenters. The molecule has 0 saturated heterocycles. The second-order valence-corrected chi connectivity index (χ2v) is 9.94. The summed E-state index contributed by atoms with van der Waals surface area (Å²) in [6, 6.07) is 0. The molecule has 3 saturated carbocycles. The van der Waals surface area contributed by atoms with E-state index in [0.717, 1.165) is 18.4 Å². The molecule has 31 heavy (non-hydrogen) atoms. The maximum Gasteiger partial charge on any atom is 0.508 e. The standard InChI is InChI=1S/C23H32O8/c1-22-8-7-13(30-20(26)28-3)9-12(22)10-16(31-21(27)29-4)18-14-5-6-17(25)23(14,2)11-15(24)19(18)22/h10,13-16,18-19,24H,5-9,11H2,1-4H3/t13-,14?,15+,16-,18?,19?,22-,23-/m0/s1. The largest absolute Gasteiger partial charge is 0.508 e. The molecular formula is C23H32O8. The molecule has 4 rings (SSSR count). The molecule has 172 valence electrons. The molecule has 8 heteroatoms. The van der Waals surface area contributed by atoms with E-state index in [1.165, 1.54) is 14.2 Å².